The lowest BCUT2D eigenvalue weighted by atomic mass is 9.90. The van der Waals surface area contributed by atoms with E-state index in [1.807, 2.05) is 18.7 Å². The van der Waals surface area contributed by atoms with Crippen LogP contribution in [0.25, 0.3) is 0 Å². The first-order chi connectivity index (χ1) is 9.42. The topological polar surface area (TPSA) is 66.5 Å². The van der Waals surface area contributed by atoms with E-state index in [-0.39, 0.29) is 17.2 Å². The van der Waals surface area contributed by atoms with Crippen LogP contribution in [-0.4, -0.2) is 51.0 Å². The van der Waals surface area contributed by atoms with Crippen LogP contribution in [0.3, 0.4) is 0 Å². The molecule has 0 radical (unpaired) electrons. The fourth-order valence-electron chi connectivity index (χ4n) is 3.27. The zero-order chi connectivity index (χ0) is 16.1. The van der Waals surface area contributed by atoms with Gasteiger partial charge in [0.25, 0.3) is 0 Å². The molecule has 0 unspecified atom stereocenters. The Hall–Kier alpha value is -0.780. The van der Waals surface area contributed by atoms with Gasteiger partial charge >= 0.3 is 6.03 Å². The fraction of sp³-hybridized carbons (Fsp3) is 0.933. The first kappa shape index (κ1) is 16.6. The Bertz CT molecular complexity index is 511. The third-order valence-electron chi connectivity index (χ3n) is 5.28. The SMILES string of the molecule is CC(C)(CCS(C)(=O)=O)CNC(=O)N1C[C@H]2[C@H](C1)C2(C)C. The average molecular weight is 316 g/mol. The Morgan fingerprint density at radius 2 is 1.81 bits per heavy atom. The maximum atomic E-state index is 12.2. The molecule has 1 aliphatic heterocycles. The maximum Gasteiger partial charge on any atom is 0.317 e. The molecule has 2 aliphatic rings. The minimum absolute atomic E-state index is 0.00886. The molecule has 0 spiro atoms. The number of amides is 2. The Morgan fingerprint density at radius 1 is 1.29 bits per heavy atom. The van der Waals surface area contributed by atoms with E-state index in [4.69, 9.17) is 0 Å². The molecule has 21 heavy (non-hydrogen) atoms. The number of likely N-dealkylation sites (tertiary alicyclic amines) is 1. The summed E-state index contributed by atoms with van der Waals surface area (Å²) in [7, 11) is -2.95. The maximum absolute atomic E-state index is 12.2. The van der Waals surface area contributed by atoms with Crippen LogP contribution in [0.5, 0.6) is 0 Å². The van der Waals surface area contributed by atoms with Crippen molar-refractivity contribution >= 4 is 15.9 Å². The van der Waals surface area contributed by atoms with Gasteiger partial charge in [-0.05, 0) is 29.1 Å². The standard InChI is InChI=1S/C15H28N2O3S/c1-14(2,6-7-21(5,19)20)10-16-13(18)17-8-11-12(9-17)15(11,3)4/h11-12H,6-10H2,1-5H3,(H,16,18)/t11-,12-/m0/s1. The lowest BCUT2D eigenvalue weighted by molar-refractivity contribution is 0.190. The van der Waals surface area contributed by atoms with Crippen molar-refractivity contribution in [1.29, 1.82) is 0 Å². The number of hydrogen-bond donors (Lipinski definition) is 1. The van der Waals surface area contributed by atoms with Crippen LogP contribution in [0.4, 0.5) is 4.79 Å². The number of urea groups is 1. The lowest BCUT2D eigenvalue weighted by Crippen LogP contribution is -2.44. The van der Waals surface area contributed by atoms with Gasteiger partial charge in [-0.15, -0.1) is 0 Å². The molecule has 1 saturated heterocycles. The lowest BCUT2D eigenvalue weighted by Gasteiger charge is -2.28. The second-order valence-electron chi connectivity index (χ2n) is 8.14. The van der Waals surface area contributed by atoms with Gasteiger partial charge < -0.3 is 10.2 Å². The minimum atomic E-state index is -2.95. The predicted molar refractivity (Wildman–Crippen MR) is 83.8 cm³/mol. The Labute approximate surface area is 128 Å². The summed E-state index contributed by atoms with van der Waals surface area (Å²) in [4.78, 5) is 14.1. The van der Waals surface area contributed by atoms with Gasteiger partial charge in [0.1, 0.15) is 9.84 Å². The summed E-state index contributed by atoms with van der Waals surface area (Å²) in [6.07, 6.45) is 1.81. The van der Waals surface area contributed by atoms with Gasteiger partial charge in [0.05, 0.1) is 5.75 Å². The largest absolute Gasteiger partial charge is 0.337 e. The van der Waals surface area contributed by atoms with Crippen LogP contribution >= 0.6 is 0 Å². The Kier molecular flexibility index (Phi) is 4.06. The number of carbonyl (C=O) groups is 1. The molecule has 2 rings (SSSR count). The molecule has 6 heteroatoms. The van der Waals surface area contributed by atoms with Crippen LogP contribution in [0.1, 0.15) is 34.1 Å². The predicted octanol–water partition coefficient (Wildman–Crippen LogP) is 1.74. The van der Waals surface area contributed by atoms with Gasteiger partial charge in [0, 0.05) is 25.9 Å². The Balaban J connectivity index is 1.74. The van der Waals surface area contributed by atoms with Gasteiger partial charge in [-0.2, -0.15) is 0 Å². The molecular weight excluding hydrogens is 288 g/mol. The number of nitrogens with zero attached hydrogens (tertiary/aromatic N) is 1. The summed E-state index contributed by atoms with van der Waals surface area (Å²) in [5, 5.41) is 2.96. The van der Waals surface area contributed by atoms with Crippen molar-refractivity contribution in [2.45, 2.75) is 34.1 Å². The quantitative estimate of drug-likeness (QED) is 0.840. The first-order valence-electron chi connectivity index (χ1n) is 7.63. The molecule has 5 nitrogen and oxygen atoms in total. The molecule has 122 valence electrons. The van der Waals surface area contributed by atoms with Gasteiger partial charge in [-0.1, -0.05) is 27.7 Å². The number of fused-ring (bicyclic) bond motifs is 1. The van der Waals surface area contributed by atoms with Crippen LogP contribution in [-0.2, 0) is 9.84 Å². The molecule has 0 aromatic carbocycles. The number of hydrogen-bond acceptors (Lipinski definition) is 3. The smallest absolute Gasteiger partial charge is 0.317 e. The fourth-order valence-corrected chi connectivity index (χ4v) is 4.20. The Morgan fingerprint density at radius 3 is 2.29 bits per heavy atom. The van der Waals surface area contributed by atoms with Crippen molar-refractivity contribution in [3.63, 3.8) is 0 Å². The summed E-state index contributed by atoms with van der Waals surface area (Å²) in [6.45, 7) is 10.7. The van der Waals surface area contributed by atoms with Crippen LogP contribution in [0.2, 0.25) is 0 Å². The van der Waals surface area contributed by atoms with E-state index in [1.54, 1.807) is 0 Å². The van der Waals surface area contributed by atoms with E-state index < -0.39 is 9.84 Å². The average Bonchev–Trinajstić information content (AvgIpc) is 2.75. The number of rotatable bonds is 5. The monoisotopic (exact) mass is 316 g/mol. The molecule has 2 fully saturated rings. The molecule has 1 saturated carbocycles. The number of sulfone groups is 1. The molecule has 0 aromatic heterocycles. The molecule has 1 N–H and O–H groups in total. The van der Waals surface area contributed by atoms with E-state index in [1.165, 1.54) is 6.26 Å². The first-order valence-corrected chi connectivity index (χ1v) is 9.69. The number of carbonyl (C=O) groups excluding carboxylic acids is 1. The molecular formula is C15H28N2O3S. The van der Waals surface area contributed by atoms with Crippen molar-refractivity contribution in [2.24, 2.45) is 22.7 Å². The second kappa shape index (κ2) is 5.14. The van der Waals surface area contributed by atoms with Crippen molar-refractivity contribution in [2.75, 3.05) is 31.6 Å². The summed E-state index contributed by atoms with van der Waals surface area (Å²) in [6, 6.07) is -0.00886. The van der Waals surface area contributed by atoms with E-state index in [9.17, 15) is 13.2 Å². The third kappa shape index (κ3) is 3.90. The van der Waals surface area contributed by atoms with Gasteiger partial charge in [0.15, 0.2) is 0 Å². The molecule has 1 heterocycles. The molecule has 2 amide bonds. The van der Waals surface area contributed by atoms with E-state index in [0.29, 0.717) is 30.2 Å². The van der Waals surface area contributed by atoms with Crippen molar-refractivity contribution in [3.05, 3.63) is 0 Å². The summed E-state index contributed by atoms with van der Waals surface area (Å²) >= 11 is 0. The van der Waals surface area contributed by atoms with Gasteiger partial charge in [-0.25, -0.2) is 13.2 Å². The van der Waals surface area contributed by atoms with Crippen LogP contribution < -0.4 is 5.32 Å². The van der Waals surface area contributed by atoms with Gasteiger partial charge in [0.2, 0.25) is 0 Å². The van der Waals surface area contributed by atoms with Crippen LogP contribution in [0, 0.1) is 22.7 Å². The normalized spacial score (nSPS) is 27.4. The summed E-state index contributed by atoms with van der Waals surface area (Å²) in [5.41, 5.74) is 0.201. The minimum Gasteiger partial charge on any atom is -0.337 e. The molecule has 1 aliphatic carbocycles. The van der Waals surface area contributed by atoms with Crippen molar-refractivity contribution in [1.82, 2.24) is 10.2 Å². The number of piperidine rings is 1. The van der Waals surface area contributed by atoms with Crippen molar-refractivity contribution < 1.29 is 13.2 Å². The zero-order valence-corrected chi connectivity index (χ0v) is 14.6. The van der Waals surface area contributed by atoms with Crippen LogP contribution in [0.15, 0.2) is 0 Å². The van der Waals surface area contributed by atoms with E-state index in [0.717, 1.165) is 13.1 Å². The highest BCUT2D eigenvalue weighted by atomic mass is 32.2. The molecule has 0 aromatic rings. The van der Waals surface area contributed by atoms with E-state index in [2.05, 4.69) is 19.2 Å². The zero-order valence-electron chi connectivity index (χ0n) is 13.8. The third-order valence-corrected chi connectivity index (χ3v) is 6.22. The number of nitrogens with one attached hydrogen (secondary N) is 1. The molecule has 2 atom stereocenters. The highest BCUT2D eigenvalue weighted by molar-refractivity contribution is 7.90. The molecule has 0 bridgehead atoms. The van der Waals surface area contributed by atoms with Crippen molar-refractivity contribution in [3.8, 4) is 0 Å². The van der Waals surface area contributed by atoms with Gasteiger partial charge in [-0.3, -0.25) is 0 Å². The second-order valence-corrected chi connectivity index (χ2v) is 10.4. The van der Waals surface area contributed by atoms with E-state index >= 15 is 0 Å². The summed E-state index contributed by atoms with van der Waals surface area (Å²) in [5.74, 6) is 1.47. The highest BCUT2D eigenvalue weighted by Crippen LogP contribution is 2.61. The highest BCUT2D eigenvalue weighted by Gasteiger charge is 2.62. The summed E-state index contributed by atoms with van der Waals surface area (Å²) < 4.78 is 22.5.